The Labute approximate surface area is 262 Å². The number of rotatable bonds is 6. The van der Waals surface area contributed by atoms with E-state index in [1.54, 1.807) is 0 Å². The summed E-state index contributed by atoms with van der Waals surface area (Å²) in [4.78, 5) is 11.8. The Morgan fingerprint density at radius 2 is 0.727 bits per heavy atom. The van der Waals surface area contributed by atoms with Crippen LogP contribution < -0.4 is 0 Å². The Balaban J connectivity index is 0.000000226. The molecule has 0 saturated carbocycles. The van der Waals surface area contributed by atoms with Crippen LogP contribution in [0.4, 0.5) is 0 Å². The first kappa shape index (κ1) is 35.1. The van der Waals surface area contributed by atoms with Gasteiger partial charge in [-0.15, -0.1) is 0 Å². The number of aliphatic hydroxyl groups is 1. The number of hydrogen-bond acceptors (Lipinski definition) is 2. The molecule has 224 valence electrons. The van der Waals surface area contributed by atoms with Crippen molar-refractivity contribution in [1.29, 1.82) is 0 Å². The molecule has 6 aromatic carbocycles. The molecule has 0 spiro atoms. The van der Waals surface area contributed by atoms with Gasteiger partial charge in [0.2, 0.25) is 0 Å². The van der Waals surface area contributed by atoms with E-state index in [0.29, 0.717) is 0 Å². The molecule has 0 amide bonds. The fourth-order valence-electron chi connectivity index (χ4n) is 4.47. The predicted octanol–water partition coefficient (Wildman–Crippen LogP) is 8.95. The Bertz CT molecular complexity index is 1470. The number of ketones is 1. The van der Waals surface area contributed by atoms with E-state index in [0.717, 1.165) is 28.7 Å². The van der Waals surface area contributed by atoms with E-state index < -0.39 is 5.60 Å². The van der Waals surface area contributed by atoms with E-state index in [2.05, 4.69) is 60.7 Å². The lowest BCUT2D eigenvalue weighted by atomic mass is 9.88. The summed E-state index contributed by atoms with van der Waals surface area (Å²) in [6, 6.07) is 59.1. The minimum absolute atomic E-state index is 0. The number of carbonyl (C=O) groups is 1. The zero-order chi connectivity index (χ0) is 29.5. The van der Waals surface area contributed by atoms with Gasteiger partial charge in [-0.2, -0.15) is 0 Å². The maximum atomic E-state index is 11.8. The maximum Gasteiger partial charge on any atom is 0.193 e. The first-order chi connectivity index (χ1) is 20.5. The van der Waals surface area contributed by atoms with Crippen LogP contribution in [0.25, 0.3) is 0 Å². The quantitative estimate of drug-likeness (QED) is 0.199. The lowest BCUT2D eigenvalue weighted by Crippen LogP contribution is -2.22. The smallest absolute Gasteiger partial charge is 0.193 e. The highest BCUT2D eigenvalue weighted by atomic mass is 16.3. The van der Waals surface area contributed by atoms with Crippen molar-refractivity contribution in [2.75, 3.05) is 0 Å². The van der Waals surface area contributed by atoms with Crippen LogP contribution in [0, 0.1) is 0 Å². The highest BCUT2D eigenvalue weighted by Gasteiger charge is 2.24. The molecule has 0 heterocycles. The standard InChI is InChI=1S/C14H14O.C13H10O.C13H12.CH4.H2O/c1-14(15,12-8-4-2-5-9-12)13-10-6-3-7-11-13;14-13(11-7-3-1-4-8-11)12-9-5-2-6-10-12;1-3-7-12(8-4-1)11-13-9-5-2-6-10-13;;/h2-11,15H,1H3;1-10H;1-10H,11H2;1H4;1H2. The predicted molar refractivity (Wildman–Crippen MR) is 184 cm³/mol. The van der Waals surface area contributed by atoms with Crippen molar-refractivity contribution in [3.05, 3.63) is 215 Å². The summed E-state index contributed by atoms with van der Waals surface area (Å²) in [6.45, 7) is 1.82. The monoisotopic (exact) mass is 582 g/mol. The van der Waals surface area contributed by atoms with Crippen molar-refractivity contribution < 1.29 is 15.4 Å². The van der Waals surface area contributed by atoms with Crippen molar-refractivity contribution >= 4 is 5.78 Å². The van der Waals surface area contributed by atoms with Gasteiger partial charge >= 0.3 is 0 Å². The largest absolute Gasteiger partial charge is 0.412 e. The maximum absolute atomic E-state index is 11.8. The van der Waals surface area contributed by atoms with E-state index in [4.69, 9.17) is 0 Å². The molecule has 0 aromatic heterocycles. The number of hydrogen-bond donors (Lipinski definition) is 1. The van der Waals surface area contributed by atoms with Crippen LogP contribution in [0.15, 0.2) is 182 Å². The molecule has 0 fully saturated rings. The molecular formula is C41H42O3. The fourth-order valence-corrected chi connectivity index (χ4v) is 4.47. The second-order valence-electron chi connectivity index (χ2n) is 10.0. The molecule has 44 heavy (non-hydrogen) atoms. The normalized spacial score (nSPS) is 9.86. The Hall–Kier alpha value is -5.09. The molecular weight excluding hydrogens is 540 g/mol. The summed E-state index contributed by atoms with van der Waals surface area (Å²) in [5, 5.41) is 10.5. The Kier molecular flexibility index (Phi) is 14.7. The lowest BCUT2D eigenvalue weighted by Gasteiger charge is -2.24. The van der Waals surface area contributed by atoms with Crippen molar-refractivity contribution in [3.63, 3.8) is 0 Å². The van der Waals surface area contributed by atoms with E-state index >= 15 is 0 Å². The van der Waals surface area contributed by atoms with Crippen LogP contribution in [0.3, 0.4) is 0 Å². The molecule has 3 N–H and O–H groups in total. The molecule has 0 radical (unpaired) electrons. The average molecular weight is 583 g/mol. The van der Waals surface area contributed by atoms with Crippen LogP contribution in [0.5, 0.6) is 0 Å². The molecule has 0 saturated heterocycles. The summed E-state index contributed by atoms with van der Waals surface area (Å²) in [6.07, 6.45) is 1.03. The first-order valence-electron chi connectivity index (χ1n) is 14.1. The molecule has 0 unspecified atom stereocenters. The van der Waals surface area contributed by atoms with Gasteiger partial charge in [-0.3, -0.25) is 4.79 Å². The van der Waals surface area contributed by atoms with Gasteiger partial charge in [0.25, 0.3) is 0 Å². The second kappa shape index (κ2) is 18.4. The third-order valence-corrected chi connectivity index (χ3v) is 6.84. The highest BCUT2D eigenvalue weighted by Crippen LogP contribution is 2.28. The molecule has 0 atom stereocenters. The van der Waals surface area contributed by atoms with Gasteiger partial charge in [-0.05, 0) is 35.6 Å². The van der Waals surface area contributed by atoms with Crippen LogP contribution in [-0.2, 0) is 12.0 Å². The van der Waals surface area contributed by atoms with Gasteiger partial charge in [0.1, 0.15) is 5.60 Å². The molecule has 0 aliphatic carbocycles. The minimum atomic E-state index is -0.914. The number of carbonyl (C=O) groups excluding carboxylic acids is 1. The lowest BCUT2D eigenvalue weighted by molar-refractivity contribution is 0.102. The van der Waals surface area contributed by atoms with Gasteiger partial charge in [0, 0.05) is 11.1 Å². The summed E-state index contributed by atoms with van der Waals surface area (Å²) in [5.74, 6) is 0.0752. The van der Waals surface area contributed by atoms with Gasteiger partial charge in [0.05, 0.1) is 0 Å². The number of benzene rings is 6. The molecule has 6 aromatic rings. The third kappa shape index (κ3) is 10.6. The minimum Gasteiger partial charge on any atom is -0.412 e. The van der Waals surface area contributed by atoms with Crippen molar-refractivity contribution in [1.82, 2.24) is 0 Å². The highest BCUT2D eigenvalue weighted by molar-refractivity contribution is 6.08. The fraction of sp³-hybridized carbons (Fsp3) is 0.0976. The Morgan fingerprint density at radius 3 is 1.02 bits per heavy atom. The topological polar surface area (TPSA) is 68.8 Å². The van der Waals surface area contributed by atoms with Crippen LogP contribution in [0.2, 0.25) is 0 Å². The van der Waals surface area contributed by atoms with E-state index in [-0.39, 0.29) is 18.7 Å². The van der Waals surface area contributed by atoms with Gasteiger partial charge in [-0.1, -0.05) is 189 Å². The molecule has 0 bridgehead atoms. The van der Waals surface area contributed by atoms with E-state index in [1.807, 2.05) is 128 Å². The zero-order valence-corrected chi connectivity index (χ0v) is 24.4. The summed E-state index contributed by atoms with van der Waals surface area (Å²) >= 11 is 0. The van der Waals surface area contributed by atoms with Crippen LogP contribution >= 0.6 is 0 Å². The van der Waals surface area contributed by atoms with E-state index in [1.165, 1.54) is 11.1 Å². The first-order valence-corrected chi connectivity index (χ1v) is 14.1. The Morgan fingerprint density at radius 1 is 0.477 bits per heavy atom. The van der Waals surface area contributed by atoms with Crippen molar-refractivity contribution in [3.8, 4) is 0 Å². The van der Waals surface area contributed by atoms with Gasteiger partial charge < -0.3 is 10.6 Å². The molecule has 0 aliphatic heterocycles. The van der Waals surface area contributed by atoms with Crippen LogP contribution in [-0.4, -0.2) is 16.4 Å². The summed E-state index contributed by atoms with van der Waals surface area (Å²) < 4.78 is 0. The molecule has 3 nitrogen and oxygen atoms in total. The van der Waals surface area contributed by atoms with Gasteiger partial charge in [-0.25, -0.2) is 0 Å². The SMILES string of the molecule is C.CC(O)(c1ccccc1)c1ccccc1.O.O=C(c1ccccc1)c1ccccc1.c1ccc(Cc2ccccc2)cc1. The van der Waals surface area contributed by atoms with E-state index in [9.17, 15) is 9.90 Å². The zero-order valence-electron chi connectivity index (χ0n) is 24.4. The molecule has 6 rings (SSSR count). The van der Waals surface area contributed by atoms with Crippen LogP contribution in [0.1, 0.15) is 52.5 Å². The molecule has 3 heteroatoms. The summed E-state index contributed by atoms with van der Waals surface area (Å²) in [7, 11) is 0. The average Bonchev–Trinajstić information content (AvgIpc) is 3.07. The van der Waals surface area contributed by atoms with Crippen molar-refractivity contribution in [2.45, 2.75) is 26.4 Å². The molecule has 0 aliphatic rings. The van der Waals surface area contributed by atoms with Crippen molar-refractivity contribution in [2.24, 2.45) is 0 Å². The summed E-state index contributed by atoms with van der Waals surface area (Å²) in [5.41, 5.74) is 5.12. The second-order valence-corrected chi connectivity index (χ2v) is 10.0. The third-order valence-electron chi connectivity index (χ3n) is 6.84. The van der Waals surface area contributed by atoms with Gasteiger partial charge in [0.15, 0.2) is 5.78 Å².